The Labute approximate surface area is 215 Å². The number of anilines is 2. The number of halogens is 2. The second kappa shape index (κ2) is 11.4. The van der Waals surface area contributed by atoms with E-state index in [2.05, 4.69) is 27.3 Å². The fourth-order valence-corrected chi connectivity index (χ4v) is 4.18. The Hall–Kier alpha value is -3.32. The van der Waals surface area contributed by atoms with E-state index >= 15 is 0 Å². The summed E-state index contributed by atoms with van der Waals surface area (Å²) >= 11 is 6.00. The lowest BCUT2D eigenvalue weighted by molar-refractivity contribution is 0.0959. The van der Waals surface area contributed by atoms with Crippen molar-refractivity contribution in [2.45, 2.75) is 6.54 Å². The zero-order valence-corrected chi connectivity index (χ0v) is 20.6. The third kappa shape index (κ3) is 5.85. The predicted molar refractivity (Wildman–Crippen MR) is 143 cm³/mol. The Morgan fingerprint density at radius 1 is 0.971 bits per heavy atom. The standard InChI is InChI=1S/C27H25ClN4O2.ClH/c28-21-6-4-20(5-7-21)25-12-13-26(34-25)27(33)32(19-22-3-1-2-14-30-22)24-10-8-23(9-11-24)31-17-15-29-16-18-31;/h1-14,29H,15-19H2;1H. The lowest BCUT2D eigenvalue weighted by Crippen LogP contribution is -2.43. The van der Waals surface area contributed by atoms with E-state index < -0.39 is 0 Å². The first-order valence-electron chi connectivity index (χ1n) is 11.3. The topological polar surface area (TPSA) is 61.6 Å². The van der Waals surface area contributed by atoms with Crippen LogP contribution in [0.25, 0.3) is 11.3 Å². The molecule has 0 aliphatic carbocycles. The van der Waals surface area contributed by atoms with Gasteiger partial charge in [-0.1, -0.05) is 17.7 Å². The number of nitrogens with zero attached hydrogens (tertiary/aromatic N) is 3. The fraction of sp³-hybridized carbons (Fsp3) is 0.185. The van der Waals surface area contributed by atoms with Crippen LogP contribution in [0.2, 0.25) is 5.02 Å². The maximum absolute atomic E-state index is 13.6. The molecule has 0 spiro atoms. The summed E-state index contributed by atoms with van der Waals surface area (Å²) in [5, 5.41) is 4.02. The summed E-state index contributed by atoms with van der Waals surface area (Å²) in [6.07, 6.45) is 1.73. The van der Waals surface area contributed by atoms with Crippen LogP contribution in [0.15, 0.2) is 89.5 Å². The van der Waals surface area contributed by atoms with Gasteiger partial charge in [-0.25, -0.2) is 0 Å². The minimum absolute atomic E-state index is 0. The monoisotopic (exact) mass is 508 g/mol. The normalized spacial score (nSPS) is 13.2. The summed E-state index contributed by atoms with van der Waals surface area (Å²) in [6, 6.07) is 24.7. The van der Waals surface area contributed by atoms with Crippen molar-refractivity contribution in [3.05, 3.63) is 102 Å². The van der Waals surface area contributed by atoms with Gasteiger partial charge in [0.1, 0.15) is 5.76 Å². The van der Waals surface area contributed by atoms with Gasteiger partial charge in [-0.05, 0) is 72.8 Å². The van der Waals surface area contributed by atoms with Gasteiger partial charge < -0.3 is 14.6 Å². The van der Waals surface area contributed by atoms with Crippen LogP contribution in [0.3, 0.4) is 0 Å². The summed E-state index contributed by atoms with van der Waals surface area (Å²) in [5.74, 6) is 0.666. The highest BCUT2D eigenvalue weighted by Gasteiger charge is 2.23. The van der Waals surface area contributed by atoms with Crippen molar-refractivity contribution in [2.24, 2.45) is 0 Å². The maximum Gasteiger partial charge on any atom is 0.294 e. The molecule has 6 nitrogen and oxygen atoms in total. The van der Waals surface area contributed by atoms with E-state index in [1.165, 1.54) is 0 Å². The largest absolute Gasteiger partial charge is 0.451 e. The minimum atomic E-state index is -0.221. The van der Waals surface area contributed by atoms with E-state index in [-0.39, 0.29) is 24.1 Å². The van der Waals surface area contributed by atoms with Crippen LogP contribution in [-0.4, -0.2) is 37.1 Å². The van der Waals surface area contributed by atoms with Crippen LogP contribution >= 0.6 is 24.0 Å². The number of carbonyl (C=O) groups excluding carboxylic acids is 1. The summed E-state index contributed by atoms with van der Waals surface area (Å²) in [5.41, 5.74) is 3.60. The molecule has 8 heteroatoms. The Balaban J connectivity index is 0.00000289. The van der Waals surface area contributed by atoms with Gasteiger partial charge in [-0.2, -0.15) is 0 Å². The summed E-state index contributed by atoms with van der Waals surface area (Å²) < 4.78 is 5.96. The quantitative estimate of drug-likeness (QED) is 0.363. The number of hydrogen-bond acceptors (Lipinski definition) is 5. The number of hydrogen-bond donors (Lipinski definition) is 1. The van der Waals surface area contributed by atoms with Crippen LogP contribution in [-0.2, 0) is 6.54 Å². The van der Waals surface area contributed by atoms with E-state index in [1.54, 1.807) is 29.3 Å². The van der Waals surface area contributed by atoms with Crippen molar-refractivity contribution in [1.29, 1.82) is 0 Å². The summed E-state index contributed by atoms with van der Waals surface area (Å²) in [6.45, 7) is 4.22. The van der Waals surface area contributed by atoms with Crippen LogP contribution in [0.1, 0.15) is 16.2 Å². The molecule has 1 fully saturated rings. The molecule has 1 saturated heterocycles. The molecule has 2 aromatic heterocycles. The van der Waals surface area contributed by atoms with Crippen LogP contribution in [0.5, 0.6) is 0 Å². The maximum atomic E-state index is 13.6. The van der Waals surface area contributed by atoms with E-state index in [1.807, 2.05) is 48.5 Å². The zero-order valence-electron chi connectivity index (χ0n) is 19.1. The van der Waals surface area contributed by atoms with Crippen molar-refractivity contribution in [3.63, 3.8) is 0 Å². The van der Waals surface area contributed by atoms with E-state index in [9.17, 15) is 4.79 Å². The Kier molecular flexibility index (Phi) is 8.08. The van der Waals surface area contributed by atoms with Crippen LogP contribution in [0.4, 0.5) is 11.4 Å². The number of furan rings is 1. The highest BCUT2D eigenvalue weighted by molar-refractivity contribution is 6.30. The number of aromatic nitrogens is 1. The lowest BCUT2D eigenvalue weighted by Gasteiger charge is -2.30. The Bertz CT molecular complexity index is 1240. The number of rotatable bonds is 6. The van der Waals surface area contributed by atoms with Gasteiger partial charge in [-0.15, -0.1) is 12.4 Å². The smallest absolute Gasteiger partial charge is 0.294 e. The molecule has 4 aromatic rings. The number of pyridine rings is 1. The number of amides is 1. The molecule has 0 radical (unpaired) electrons. The van der Waals surface area contributed by atoms with Gasteiger partial charge in [-0.3, -0.25) is 14.7 Å². The second-order valence-corrected chi connectivity index (χ2v) is 8.57. The van der Waals surface area contributed by atoms with Gasteiger partial charge >= 0.3 is 0 Å². The van der Waals surface area contributed by atoms with Gasteiger partial charge in [0, 0.05) is 54.3 Å². The number of benzene rings is 2. The molecule has 0 bridgehead atoms. The molecule has 0 saturated carbocycles. The van der Waals surface area contributed by atoms with E-state index in [0.29, 0.717) is 17.3 Å². The lowest BCUT2D eigenvalue weighted by atomic mass is 10.2. The van der Waals surface area contributed by atoms with Crippen LogP contribution < -0.4 is 15.1 Å². The van der Waals surface area contributed by atoms with Crippen molar-refractivity contribution in [3.8, 4) is 11.3 Å². The van der Waals surface area contributed by atoms with Gasteiger partial charge in [0.15, 0.2) is 5.76 Å². The zero-order chi connectivity index (χ0) is 23.3. The first kappa shape index (κ1) is 24.8. The first-order chi connectivity index (χ1) is 16.7. The number of carbonyl (C=O) groups is 1. The van der Waals surface area contributed by atoms with Gasteiger partial charge in [0.2, 0.25) is 0 Å². The molecule has 1 aliphatic rings. The van der Waals surface area contributed by atoms with E-state index in [4.69, 9.17) is 16.0 Å². The van der Waals surface area contributed by atoms with Crippen molar-refractivity contribution < 1.29 is 9.21 Å². The molecule has 1 aliphatic heterocycles. The molecular formula is C27H26Cl2N4O2. The van der Waals surface area contributed by atoms with Gasteiger partial charge in [0.25, 0.3) is 5.91 Å². The number of nitrogens with one attached hydrogen (secondary N) is 1. The molecule has 2 aromatic carbocycles. The predicted octanol–water partition coefficient (Wildman–Crippen LogP) is 5.67. The SMILES string of the molecule is Cl.O=C(c1ccc(-c2ccc(Cl)cc2)o1)N(Cc1ccccn1)c1ccc(N2CCNCC2)cc1. The fourth-order valence-electron chi connectivity index (χ4n) is 4.06. The molecule has 5 rings (SSSR count). The second-order valence-electron chi connectivity index (χ2n) is 8.14. The van der Waals surface area contributed by atoms with E-state index in [0.717, 1.165) is 48.8 Å². The third-order valence-corrected chi connectivity index (χ3v) is 6.13. The highest BCUT2D eigenvalue weighted by Crippen LogP contribution is 2.28. The average Bonchev–Trinajstić information content (AvgIpc) is 3.39. The van der Waals surface area contributed by atoms with Crippen molar-refractivity contribution >= 4 is 41.3 Å². The molecule has 3 heterocycles. The molecule has 0 unspecified atom stereocenters. The van der Waals surface area contributed by atoms with Crippen molar-refractivity contribution in [1.82, 2.24) is 10.3 Å². The molecule has 1 N–H and O–H groups in total. The molecule has 35 heavy (non-hydrogen) atoms. The highest BCUT2D eigenvalue weighted by atomic mass is 35.5. The van der Waals surface area contributed by atoms with Gasteiger partial charge in [0.05, 0.1) is 12.2 Å². The molecule has 0 atom stereocenters. The van der Waals surface area contributed by atoms with Crippen LogP contribution in [0, 0.1) is 0 Å². The summed E-state index contributed by atoms with van der Waals surface area (Å²) in [4.78, 5) is 22.1. The molecule has 1 amide bonds. The Morgan fingerprint density at radius 3 is 2.40 bits per heavy atom. The minimum Gasteiger partial charge on any atom is -0.451 e. The molecular weight excluding hydrogens is 483 g/mol. The third-order valence-electron chi connectivity index (χ3n) is 5.88. The van der Waals surface area contributed by atoms with Crippen molar-refractivity contribution in [2.75, 3.05) is 36.0 Å². The summed E-state index contributed by atoms with van der Waals surface area (Å²) in [7, 11) is 0. The molecule has 180 valence electrons. The number of piperazine rings is 1. The first-order valence-corrected chi connectivity index (χ1v) is 11.7. The Morgan fingerprint density at radius 2 is 1.71 bits per heavy atom. The average molecular weight is 509 g/mol.